The molecule has 16 bridgehead atoms. The van der Waals surface area contributed by atoms with Crippen LogP contribution >= 0.6 is 23.4 Å². The molecule has 14 heteroatoms. The van der Waals surface area contributed by atoms with Crippen LogP contribution in [0, 0.1) is 41.5 Å². The fourth-order valence-corrected chi connectivity index (χ4v) is 18.5. The molecule has 0 spiro atoms. The molecule has 0 saturated heterocycles. The van der Waals surface area contributed by atoms with Crippen molar-refractivity contribution in [2.24, 2.45) is 0 Å². The molecule has 11 nitrogen and oxygen atoms in total. The van der Waals surface area contributed by atoms with E-state index in [2.05, 4.69) is 369 Å². The van der Waals surface area contributed by atoms with E-state index in [9.17, 15) is 0 Å². The van der Waals surface area contributed by atoms with Crippen LogP contribution < -0.4 is 14.7 Å². The summed E-state index contributed by atoms with van der Waals surface area (Å²) in [6, 6.07) is 60.2. The van der Waals surface area contributed by atoms with Gasteiger partial charge in [-0.25, -0.2) is 19.9 Å². The van der Waals surface area contributed by atoms with E-state index in [0.717, 1.165) is 178 Å². The Bertz CT molecular complexity index is 6930. The number of halogens is 1. The van der Waals surface area contributed by atoms with E-state index in [-0.39, 0.29) is 63.0 Å². The number of hydrogen-bond acceptors (Lipinski definition) is 7. The van der Waals surface area contributed by atoms with Gasteiger partial charge in [-0.05, 0) is 277 Å². The molecule has 0 atom stereocenters. The van der Waals surface area contributed by atoms with Crippen LogP contribution in [0.2, 0.25) is 5.15 Å². The number of nitrogens with one attached hydrogen (secondary N) is 3. The van der Waals surface area contributed by atoms with Crippen molar-refractivity contribution < 1.29 is 24.2 Å². The van der Waals surface area contributed by atoms with E-state index in [1.54, 1.807) is 0 Å². The van der Waals surface area contributed by atoms with Gasteiger partial charge in [0.25, 0.3) is 0 Å². The number of hydrogen-bond donors (Lipinski definition) is 3. The molecule has 3 aliphatic rings. The molecular formula is C110H111ClN10OSZn. The van der Waals surface area contributed by atoms with E-state index >= 15 is 0 Å². The van der Waals surface area contributed by atoms with Crippen molar-refractivity contribution in [2.75, 3.05) is 6.26 Å². The van der Waals surface area contributed by atoms with Gasteiger partial charge in [-0.1, -0.05) is 274 Å². The van der Waals surface area contributed by atoms with Crippen molar-refractivity contribution in [1.29, 1.82) is 0 Å². The molecule has 0 aliphatic carbocycles. The van der Waals surface area contributed by atoms with Gasteiger partial charge >= 0.3 is 19.5 Å². The molecule has 0 saturated carbocycles. The predicted octanol–water partition coefficient (Wildman–Crippen LogP) is 30.2. The quantitative estimate of drug-likeness (QED) is 0.0526. The molecule has 14 aromatic rings. The average molecular weight is 1720 g/mol. The summed E-state index contributed by atoms with van der Waals surface area (Å²) < 4.78 is 7.35. The molecule has 622 valence electrons. The topological polar surface area (TPSA) is 149 Å². The third-order valence-corrected chi connectivity index (χ3v) is 25.3. The second-order valence-corrected chi connectivity index (χ2v) is 41.4. The van der Waals surface area contributed by atoms with Crippen LogP contribution in [0.15, 0.2) is 169 Å². The zero-order valence-electron chi connectivity index (χ0n) is 76.6. The van der Waals surface area contributed by atoms with Gasteiger partial charge in [0.15, 0.2) is 5.16 Å². The number of benzene rings is 6. The molecular weight excluding hydrogens is 1610 g/mol. The molecule has 8 aromatic heterocycles. The van der Waals surface area contributed by atoms with Crippen LogP contribution in [0.5, 0.6) is 11.6 Å². The first-order valence-electron chi connectivity index (χ1n) is 43.0. The summed E-state index contributed by atoms with van der Waals surface area (Å²) >= 11 is 9.22. The molecule has 3 N–H and O–H groups in total. The zero-order chi connectivity index (χ0) is 87.4. The second-order valence-electron chi connectivity index (χ2n) is 40.3. The number of aromatic amines is 3. The number of thioether (sulfide) groups is 1. The van der Waals surface area contributed by atoms with Crippen LogP contribution in [0.25, 0.3) is 170 Å². The van der Waals surface area contributed by atoms with Gasteiger partial charge in [0.05, 0.1) is 45.2 Å². The number of fused-ring (bicyclic) bond motifs is 17. The van der Waals surface area contributed by atoms with Gasteiger partial charge < -0.3 is 29.7 Å². The first-order chi connectivity index (χ1) is 58.0. The first kappa shape index (κ1) is 86.3. The third kappa shape index (κ3) is 16.5. The standard InChI is InChI=1S/C110H111ClN10OS.Zn/c1-59-46-61(3)92(62(4)47-59)98-86-32-30-76(112-86)77-31-33-87(113-77)99(93-63(5)48-60(2)49-64(93)6)89-43-45-91(119-89)100(90-44-42-88(98)118-90)101-102(111)120-104(123-25)121-103(101)122-75-28-26-65(27-29-75)94-78-34-36-80(114-78)95(66-50-69(105(7,8)9)56-70(51-66)106(10,11)12)82-38-40-84(116-82)97(68-54-73(109(19,20)21)58-74(55-68)110(22,23)24)85-41-39-83(117-85)96(81-37-35-79(94)115-81)67-52-71(107(13,14)15)57-72(53-67)108(16,17)18;/h26-58,112,118-119H,1-25H3;/q-2;+2. The van der Waals surface area contributed by atoms with Crippen LogP contribution in [-0.4, -0.2) is 46.1 Å². The Hall–Kier alpha value is -11.2. The number of rotatable bonds is 10. The molecule has 0 unspecified atom stereocenters. The van der Waals surface area contributed by atoms with Gasteiger partial charge in [0.1, 0.15) is 10.9 Å². The number of aryl methyl sites for hydroxylation is 6. The largest absolute Gasteiger partial charge is 2.00 e. The van der Waals surface area contributed by atoms with E-state index in [0.29, 0.717) is 22.0 Å². The number of H-pyrrole nitrogens is 3. The van der Waals surface area contributed by atoms with Crippen molar-refractivity contribution in [2.45, 2.75) is 204 Å². The predicted molar refractivity (Wildman–Crippen MR) is 523 cm³/mol. The minimum atomic E-state index is -0.191. The summed E-state index contributed by atoms with van der Waals surface area (Å²) in [5, 5.41) is 0.659. The number of nitrogens with zero attached hydrogens (tertiary/aromatic N) is 7. The summed E-state index contributed by atoms with van der Waals surface area (Å²) in [6.07, 6.45) is 14.9. The zero-order valence-corrected chi connectivity index (χ0v) is 81.1. The van der Waals surface area contributed by atoms with Gasteiger partial charge in [-0.15, -0.1) is 22.1 Å². The van der Waals surface area contributed by atoms with Crippen molar-refractivity contribution in [3.05, 3.63) is 270 Å². The van der Waals surface area contributed by atoms with E-state index in [1.165, 1.54) is 56.3 Å². The number of ether oxygens (including phenoxy) is 1. The molecule has 3 aliphatic heterocycles. The summed E-state index contributed by atoms with van der Waals surface area (Å²) in [7, 11) is 0. The summed E-state index contributed by atoms with van der Waals surface area (Å²) in [5.74, 6) is 0.782. The molecule has 17 rings (SSSR count). The Balaban J connectivity index is 0.0000114. The summed E-state index contributed by atoms with van der Waals surface area (Å²) in [6.45, 7) is 54.4. The maximum Gasteiger partial charge on any atom is 2.00 e. The van der Waals surface area contributed by atoms with Gasteiger partial charge in [0, 0.05) is 44.3 Å². The maximum atomic E-state index is 7.82. The summed E-state index contributed by atoms with van der Waals surface area (Å²) in [4.78, 5) is 51.2. The summed E-state index contributed by atoms with van der Waals surface area (Å²) in [5.41, 5.74) is 39.4. The van der Waals surface area contributed by atoms with Crippen molar-refractivity contribution in [3.8, 4) is 89.5 Å². The van der Waals surface area contributed by atoms with Crippen LogP contribution in [0.4, 0.5) is 0 Å². The van der Waals surface area contributed by atoms with E-state index in [4.69, 9.17) is 51.2 Å². The number of aromatic nitrogens is 10. The van der Waals surface area contributed by atoms with Crippen LogP contribution in [0.3, 0.4) is 0 Å². The Labute approximate surface area is 752 Å². The van der Waals surface area contributed by atoms with Crippen LogP contribution in [0.1, 0.15) is 226 Å². The molecule has 0 amide bonds. The fraction of sp³-hybridized carbons (Fsp3) is 0.282. The van der Waals surface area contributed by atoms with E-state index in [1.807, 2.05) is 18.4 Å². The Morgan fingerprint density at radius 1 is 0.290 bits per heavy atom. The van der Waals surface area contributed by atoms with Gasteiger partial charge in [0.2, 0.25) is 5.88 Å². The Morgan fingerprint density at radius 3 is 0.911 bits per heavy atom. The second kappa shape index (κ2) is 31.8. The van der Waals surface area contributed by atoms with E-state index < -0.39 is 0 Å². The molecule has 11 heterocycles. The first-order valence-corrected chi connectivity index (χ1v) is 44.6. The Kier molecular flexibility index (Phi) is 22.1. The molecule has 6 aromatic carbocycles. The maximum absolute atomic E-state index is 7.82. The monoisotopic (exact) mass is 1720 g/mol. The van der Waals surface area contributed by atoms with Crippen molar-refractivity contribution in [3.63, 3.8) is 0 Å². The molecule has 124 heavy (non-hydrogen) atoms. The SMILES string of the molecule is CSc1nc(Cl)c(-c2c3ccc([nH]3)c(-c3c(C)cc(C)cc3C)c3nc(c4ccc([nH]4)c(-c4c(C)cc(C)cc4C)c4ccc2[nH]4)C=C3)c(Oc2ccc(-c3c4nc(c(-c5cc(C(C)(C)C)cc(C(C)(C)C)c5)c5ccc([n-]5)c(-c5cc(C(C)(C)C)cc(C(C)(C)C)c5)c5nc(c(-c6cc(C(C)(C)C)cc(C(C)(C)C)c6)c6ccc3[n-]6)C=C5)C=C4)cc2)n1.[Zn+2]. The normalized spacial score (nSPS) is 13.0. The minimum Gasteiger partial charge on any atom is -0.657 e. The fourth-order valence-electron chi connectivity index (χ4n) is 17.9. The molecule has 0 radical (unpaired) electrons. The van der Waals surface area contributed by atoms with Crippen molar-refractivity contribution >= 4 is 115 Å². The average Bonchev–Trinajstić information content (AvgIpc) is 1.59. The third-order valence-electron chi connectivity index (χ3n) is 24.5. The van der Waals surface area contributed by atoms with Gasteiger partial charge in [-0.2, -0.15) is 4.98 Å². The van der Waals surface area contributed by atoms with Crippen LogP contribution in [-0.2, 0) is 52.0 Å². The van der Waals surface area contributed by atoms with Crippen molar-refractivity contribution in [1.82, 2.24) is 49.8 Å². The minimum absolute atomic E-state index is 0. The van der Waals surface area contributed by atoms with Gasteiger partial charge in [-0.3, -0.25) is 0 Å². The smallest absolute Gasteiger partial charge is 0.657 e. The Morgan fingerprint density at radius 2 is 0.573 bits per heavy atom. The molecule has 0 fully saturated rings.